The molecule has 3 heterocycles. The quantitative estimate of drug-likeness (QED) is 0.135. The SMILES string of the molecule is CC[C@H]1OC(=O)[C@H](C)C(=O)[C@H](C)C(OC2O[C@@H](C)CC(N(C)C)C2OC(C)=O)[C@@](C)(OCC=CB(O)O)C[C@@H](C)C(=O)[C@H](C)C2NC(=O)O[C@@]21C. The number of hydrogen-bond donors (Lipinski definition) is 3. The van der Waals surface area contributed by atoms with E-state index in [1.807, 2.05) is 25.9 Å². The zero-order valence-corrected chi connectivity index (χ0v) is 31.7. The number of fused-ring (bicyclic) bond motifs is 1. The smallest absolute Gasteiger partial charge is 0.458 e. The van der Waals surface area contributed by atoms with Crippen molar-refractivity contribution in [2.24, 2.45) is 23.7 Å². The van der Waals surface area contributed by atoms with E-state index in [2.05, 4.69) is 5.32 Å². The molecule has 288 valence electrons. The number of ketones is 2. The Morgan fingerprint density at radius 1 is 1.06 bits per heavy atom. The fraction of sp³-hybridized carbons (Fsp3) is 0.800. The van der Waals surface area contributed by atoms with Crippen molar-refractivity contribution in [1.82, 2.24) is 10.2 Å². The van der Waals surface area contributed by atoms with Gasteiger partial charge in [0.15, 0.2) is 23.8 Å². The van der Waals surface area contributed by atoms with Gasteiger partial charge in [0.05, 0.1) is 36.5 Å². The van der Waals surface area contributed by atoms with Gasteiger partial charge in [0.1, 0.15) is 17.8 Å². The Kier molecular flexibility index (Phi) is 14.4. The fourth-order valence-corrected chi connectivity index (χ4v) is 7.85. The molecule has 3 saturated heterocycles. The third kappa shape index (κ3) is 9.76. The molecule has 13 atom stereocenters. The lowest BCUT2D eigenvalue weighted by Gasteiger charge is -2.48. The summed E-state index contributed by atoms with van der Waals surface area (Å²) in [6.07, 6.45) is -3.30. The van der Waals surface area contributed by atoms with E-state index in [4.69, 9.17) is 28.4 Å². The first-order chi connectivity index (χ1) is 23.7. The Morgan fingerprint density at radius 3 is 2.27 bits per heavy atom. The molecule has 3 N–H and O–H groups in total. The van der Waals surface area contributed by atoms with Gasteiger partial charge < -0.3 is 48.7 Å². The predicted octanol–water partition coefficient (Wildman–Crippen LogP) is 1.99. The highest BCUT2D eigenvalue weighted by atomic mass is 16.7. The first kappa shape index (κ1) is 42.5. The Hall–Kier alpha value is -2.89. The van der Waals surface area contributed by atoms with Crippen LogP contribution in [0, 0.1) is 23.7 Å². The average molecular weight is 725 g/mol. The number of Topliss-reactive ketones (excluding diaryl/α,β-unsaturated/α-hetero) is 2. The van der Waals surface area contributed by atoms with Crippen LogP contribution in [0.2, 0.25) is 0 Å². The zero-order valence-electron chi connectivity index (χ0n) is 31.7. The van der Waals surface area contributed by atoms with Crippen molar-refractivity contribution in [3.63, 3.8) is 0 Å². The lowest BCUT2D eigenvalue weighted by molar-refractivity contribution is -0.299. The van der Waals surface area contributed by atoms with Crippen molar-refractivity contribution in [1.29, 1.82) is 0 Å². The molecule has 0 saturated carbocycles. The predicted molar refractivity (Wildman–Crippen MR) is 184 cm³/mol. The number of carbonyl (C=O) groups excluding carboxylic acids is 5. The van der Waals surface area contributed by atoms with Crippen LogP contribution in [0.5, 0.6) is 0 Å². The van der Waals surface area contributed by atoms with E-state index in [1.54, 1.807) is 41.5 Å². The van der Waals surface area contributed by atoms with E-state index in [9.17, 15) is 34.0 Å². The minimum atomic E-state index is -1.75. The molecule has 5 unspecified atom stereocenters. The van der Waals surface area contributed by atoms with Crippen LogP contribution in [0.3, 0.4) is 0 Å². The van der Waals surface area contributed by atoms with E-state index in [0.717, 1.165) is 5.98 Å². The summed E-state index contributed by atoms with van der Waals surface area (Å²) < 4.78 is 36.8. The van der Waals surface area contributed by atoms with Gasteiger partial charge in [-0.3, -0.25) is 19.2 Å². The summed E-state index contributed by atoms with van der Waals surface area (Å²) >= 11 is 0. The lowest BCUT2D eigenvalue weighted by Crippen LogP contribution is -2.61. The zero-order chi connectivity index (χ0) is 38.6. The molecule has 0 bridgehead atoms. The number of ether oxygens (including phenoxy) is 6. The van der Waals surface area contributed by atoms with Crippen molar-refractivity contribution < 1.29 is 62.4 Å². The number of rotatable bonds is 9. The number of nitrogens with one attached hydrogen (secondary N) is 1. The Balaban J connectivity index is 2.21. The molecule has 0 spiro atoms. The summed E-state index contributed by atoms with van der Waals surface area (Å²) in [5.74, 6) is -5.07. The summed E-state index contributed by atoms with van der Waals surface area (Å²) in [5.41, 5.74) is -2.90. The van der Waals surface area contributed by atoms with E-state index in [1.165, 1.54) is 19.9 Å². The van der Waals surface area contributed by atoms with Crippen molar-refractivity contribution >= 4 is 36.7 Å². The minimum Gasteiger partial charge on any atom is -0.458 e. The molecule has 0 aromatic rings. The standard InChI is InChI=1S/C35H57BN2O13/c1-12-25-35(9)29(37-33(43)51-35)20(4)26(40)18(2)17-34(8,46-15-13-14-36(44)45)30(21(5)27(41)22(6)31(42)49-25)50-32-28(48-23(7)39)24(38(10)11)16-19(3)47-32/h13-14,18-22,24-25,28-30,32,44-45H,12,15-17H2,1-11H3,(H,37,43)/t18-,19+,20+,21+,22-,24?,25-,28?,29?,30?,32?,34+,35-/m1/s1. The second-order valence-corrected chi connectivity index (χ2v) is 14.9. The van der Waals surface area contributed by atoms with Crippen LogP contribution < -0.4 is 5.32 Å². The molecule has 16 heteroatoms. The van der Waals surface area contributed by atoms with Gasteiger partial charge in [0.25, 0.3) is 0 Å². The van der Waals surface area contributed by atoms with Crippen molar-refractivity contribution in [3.8, 4) is 0 Å². The van der Waals surface area contributed by atoms with E-state index >= 15 is 0 Å². The third-order valence-corrected chi connectivity index (χ3v) is 10.6. The molecular formula is C35H57BN2O13. The molecule has 0 aromatic heterocycles. The fourth-order valence-electron chi connectivity index (χ4n) is 7.85. The number of nitrogens with zero attached hydrogens (tertiary/aromatic N) is 1. The maximum Gasteiger partial charge on any atom is 0.480 e. The first-order valence-corrected chi connectivity index (χ1v) is 17.7. The largest absolute Gasteiger partial charge is 0.480 e. The molecular weight excluding hydrogens is 667 g/mol. The van der Waals surface area contributed by atoms with Gasteiger partial charge in [-0.15, -0.1) is 0 Å². The monoisotopic (exact) mass is 724 g/mol. The van der Waals surface area contributed by atoms with Gasteiger partial charge >= 0.3 is 25.2 Å². The number of likely N-dealkylation sites (N-methyl/N-ethyl adjacent to an activating group) is 1. The van der Waals surface area contributed by atoms with Gasteiger partial charge in [-0.2, -0.15) is 0 Å². The van der Waals surface area contributed by atoms with Crippen molar-refractivity contribution in [2.45, 2.75) is 136 Å². The number of amides is 1. The minimum absolute atomic E-state index is 0.0140. The second kappa shape index (κ2) is 17.3. The highest BCUT2D eigenvalue weighted by Gasteiger charge is 2.57. The summed E-state index contributed by atoms with van der Waals surface area (Å²) in [6.45, 7) is 14.4. The van der Waals surface area contributed by atoms with Crippen molar-refractivity contribution in [3.05, 3.63) is 12.1 Å². The maximum atomic E-state index is 14.3. The van der Waals surface area contributed by atoms with E-state index in [-0.39, 0.29) is 37.4 Å². The molecule has 3 aliphatic rings. The Labute approximate surface area is 301 Å². The van der Waals surface area contributed by atoms with Crippen LogP contribution in [0.1, 0.15) is 81.6 Å². The van der Waals surface area contributed by atoms with E-state index < -0.39 is 96.5 Å². The molecule has 51 heavy (non-hydrogen) atoms. The van der Waals surface area contributed by atoms with Gasteiger partial charge in [-0.1, -0.05) is 39.7 Å². The number of hydrogen-bond acceptors (Lipinski definition) is 14. The number of esters is 2. The van der Waals surface area contributed by atoms with E-state index in [0.29, 0.717) is 6.42 Å². The molecule has 0 radical (unpaired) electrons. The van der Waals surface area contributed by atoms with Crippen LogP contribution in [-0.2, 0) is 47.6 Å². The molecule has 1 amide bonds. The van der Waals surface area contributed by atoms with Gasteiger partial charge in [0, 0.05) is 24.7 Å². The van der Waals surface area contributed by atoms with Gasteiger partial charge in [-0.25, -0.2) is 4.79 Å². The third-order valence-electron chi connectivity index (χ3n) is 10.6. The molecule has 3 rings (SSSR count). The van der Waals surface area contributed by atoms with Gasteiger partial charge in [-0.05, 0) is 61.1 Å². The van der Waals surface area contributed by atoms with Crippen LogP contribution >= 0.6 is 0 Å². The molecule has 0 aromatic carbocycles. The lowest BCUT2D eigenvalue weighted by atomic mass is 9.73. The van der Waals surface area contributed by atoms with Crippen LogP contribution in [0.25, 0.3) is 0 Å². The highest BCUT2D eigenvalue weighted by Crippen LogP contribution is 2.40. The highest BCUT2D eigenvalue weighted by molar-refractivity contribution is 6.47. The van der Waals surface area contributed by atoms with Crippen LogP contribution in [-0.4, -0.2) is 126 Å². The average Bonchev–Trinajstić information content (AvgIpc) is 3.36. The molecule has 0 aliphatic carbocycles. The first-order valence-electron chi connectivity index (χ1n) is 17.7. The summed E-state index contributed by atoms with van der Waals surface area (Å²) in [7, 11) is 1.93. The molecule has 3 aliphatic heterocycles. The number of cyclic esters (lactones) is 1. The summed E-state index contributed by atoms with van der Waals surface area (Å²) in [6, 6.07) is -1.20. The number of alkyl carbamates (subject to hydrolysis) is 1. The Morgan fingerprint density at radius 2 is 1.71 bits per heavy atom. The topological polar surface area (TPSA) is 196 Å². The van der Waals surface area contributed by atoms with Gasteiger partial charge in [0.2, 0.25) is 0 Å². The molecule has 15 nitrogen and oxygen atoms in total. The maximum absolute atomic E-state index is 14.3. The molecule has 3 fully saturated rings. The number of carbonyl (C=O) groups is 5. The second-order valence-electron chi connectivity index (χ2n) is 14.9. The van der Waals surface area contributed by atoms with Crippen LogP contribution in [0.15, 0.2) is 12.1 Å². The van der Waals surface area contributed by atoms with Crippen LogP contribution in [0.4, 0.5) is 4.79 Å². The summed E-state index contributed by atoms with van der Waals surface area (Å²) in [4.78, 5) is 69.2. The normalized spacial score (nSPS) is 39.9. The summed E-state index contributed by atoms with van der Waals surface area (Å²) in [5, 5.41) is 21.6. The Bertz CT molecular complexity index is 1310. The van der Waals surface area contributed by atoms with Crippen molar-refractivity contribution in [2.75, 3.05) is 20.7 Å².